The van der Waals surface area contributed by atoms with Crippen molar-refractivity contribution < 1.29 is 19.1 Å². The zero-order chi connectivity index (χ0) is 14.3. The van der Waals surface area contributed by atoms with Crippen molar-refractivity contribution in [2.75, 3.05) is 0 Å². The fourth-order valence-electron chi connectivity index (χ4n) is 1.83. The molecule has 2 aliphatic heterocycles. The molecule has 2 heterocycles. The highest BCUT2D eigenvalue weighted by Crippen LogP contribution is 2.23. The molecule has 0 spiro atoms. The lowest BCUT2D eigenvalue weighted by atomic mass is 10.1. The fourth-order valence-corrected chi connectivity index (χ4v) is 1.83. The Balaban J connectivity index is 1.83. The van der Waals surface area contributed by atoms with E-state index in [2.05, 4.69) is 9.98 Å². The van der Waals surface area contributed by atoms with Crippen molar-refractivity contribution in [2.45, 2.75) is 58.0 Å². The molecule has 0 aromatic carbocycles. The van der Waals surface area contributed by atoms with Crippen LogP contribution in [0.25, 0.3) is 0 Å². The van der Waals surface area contributed by atoms with Crippen LogP contribution in [0.5, 0.6) is 0 Å². The number of cyclic esters (lactones) is 2. The van der Waals surface area contributed by atoms with Gasteiger partial charge >= 0.3 is 11.9 Å². The average molecular weight is 266 g/mol. The molecular weight excluding hydrogens is 248 g/mol. The Hall–Kier alpha value is -1.72. The first-order valence-electron chi connectivity index (χ1n) is 6.33. The molecule has 6 nitrogen and oxygen atoms in total. The predicted octanol–water partition coefficient (Wildman–Crippen LogP) is 1.62. The fraction of sp³-hybridized carbons (Fsp3) is 0.692. The number of ether oxygens (including phenoxy) is 2. The quantitative estimate of drug-likeness (QED) is 0.724. The molecule has 0 saturated heterocycles. The van der Waals surface area contributed by atoms with Gasteiger partial charge in [0.05, 0.1) is 0 Å². The van der Waals surface area contributed by atoms with E-state index < -0.39 is 11.1 Å². The summed E-state index contributed by atoms with van der Waals surface area (Å²) in [7, 11) is 0. The van der Waals surface area contributed by atoms with Gasteiger partial charge in [0.2, 0.25) is 0 Å². The van der Waals surface area contributed by atoms with Crippen LogP contribution < -0.4 is 0 Å². The van der Waals surface area contributed by atoms with Crippen LogP contribution in [0.2, 0.25) is 0 Å². The van der Waals surface area contributed by atoms with Crippen molar-refractivity contribution in [1.82, 2.24) is 0 Å². The van der Waals surface area contributed by atoms with Crippen LogP contribution >= 0.6 is 0 Å². The van der Waals surface area contributed by atoms with Gasteiger partial charge in [-0.15, -0.1) is 0 Å². The van der Waals surface area contributed by atoms with Crippen LogP contribution in [0.1, 0.15) is 47.0 Å². The van der Waals surface area contributed by atoms with E-state index in [1.165, 1.54) is 0 Å². The number of carbonyl (C=O) groups is 2. The van der Waals surface area contributed by atoms with E-state index in [4.69, 9.17) is 9.47 Å². The second-order valence-electron chi connectivity index (χ2n) is 5.76. The molecule has 0 bridgehead atoms. The van der Waals surface area contributed by atoms with Crippen molar-refractivity contribution in [3.05, 3.63) is 0 Å². The number of esters is 2. The van der Waals surface area contributed by atoms with Gasteiger partial charge in [-0.3, -0.25) is 0 Å². The summed E-state index contributed by atoms with van der Waals surface area (Å²) in [6.07, 6.45) is 1.74. The summed E-state index contributed by atoms with van der Waals surface area (Å²) in [5.41, 5.74) is -1.57. The summed E-state index contributed by atoms with van der Waals surface area (Å²) in [5, 5.41) is 0. The predicted molar refractivity (Wildman–Crippen MR) is 69.1 cm³/mol. The van der Waals surface area contributed by atoms with Gasteiger partial charge in [-0.25, -0.2) is 19.6 Å². The van der Waals surface area contributed by atoms with Crippen LogP contribution in [0.15, 0.2) is 9.98 Å². The molecule has 104 valence electrons. The third-order valence-electron chi connectivity index (χ3n) is 3.01. The van der Waals surface area contributed by atoms with E-state index in [0.717, 1.165) is 0 Å². The number of carbonyl (C=O) groups excluding carboxylic acids is 2. The van der Waals surface area contributed by atoms with Gasteiger partial charge < -0.3 is 9.47 Å². The second kappa shape index (κ2) is 4.43. The molecular formula is C13H18N2O4. The summed E-state index contributed by atoms with van der Waals surface area (Å²) in [6, 6.07) is 0. The lowest BCUT2D eigenvalue weighted by Crippen LogP contribution is -2.25. The largest absolute Gasteiger partial charge is 0.410 e. The molecule has 0 aliphatic carbocycles. The summed E-state index contributed by atoms with van der Waals surface area (Å²) in [6.45, 7) is 6.86. The Kier molecular flexibility index (Phi) is 3.20. The number of hydrogen-bond donors (Lipinski definition) is 0. The molecule has 19 heavy (non-hydrogen) atoms. The van der Waals surface area contributed by atoms with Crippen molar-refractivity contribution in [2.24, 2.45) is 9.98 Å². The van der Waals surface area contributed by atoms with Crippen molar-refractivity contribution in [1.29, 1.82) is 0 Å². The number of hydrogen-bond acceptors (Lipinski definition) is 6. The first-order valence-corrected chi connectivity index (χ1v) is 6.33. The maximum Gasteiger partial charge on any atom is 0.340 e. The lowest BCUT2D eigenvalue weighted by Gasteiger charge is -2.05. The molecule has 0 N–H and O–H groups in total. The Morgan fingerprint density at radius 3 is 1.47 bits per heavy atom. The molecule has 6 heteroatoms. The highest BCUT2D eigenvalue weighted by Gasteiger charge is 2.38. The minimum absolute atomic E-state index is 0.326. The van der Waals surface area contributed by atoms with Crippen LogP contribution in [0.4, 0.5) is 0 Å². The molecule has 0 unspecified atom stereocenters. The molecule has 0 amide bonds. The molecule has 0 saturated carbocycles. The zero-order valence-electron chi connectivity index (χ0n) is 11.6. The van der Waals surface area contributed by atoms with Crippen molar-refractivity contribution in [3.8, 4) is 0 Å². The summed E-state index contributed by atoms with van der Waals surface area (Å²) < 4.78 is 10.1. The molecule has 0 aromatic rings. The van der Waals surface area contributed by atoms with Gasteiger partial charge in [-0.2, -0.15) is 0 Å². The van der Waals surface area contributed by atoms with Gasteiger partial charge in [0.15, 0.2) is 22.9 Å². The highest BCUT2D eigenvalue weighted by atomic mass is 16.6. The monoisotopic (exact) mass is 266 g/mol. The Labute approximate surface area is 111 Å². The van der Waals surface area contributed by atoms with Gasteiger partial charge in [-0.05, 0) is 34.1 Å². The van der Waals surface area contributed by atoms with Crippen molar-refractivity contribution >= 4 is 23.7 Å². The van der Waals surface area contributed by atoms with Gasteiger partial charge in [0.1, 0.15) is 0 Å². The molecule has 0 fully saturated rings. The van der Waals surface area contributed by atoms with Crippen LogP contribution in [-0.2, 0) is 19.1 Å². The van der Waals surface area contributed by atoms with Gasteiger partial charge in [-0.1, -0.05) is 0 Å². The average Bonchev–Trinajstić information content (AvgIpc) is 2.65. The Morgan fingerprint density at radius 1 is 0.842 bits per heavy atom. The normalized spacial score (nSPS) is 23.8. The van der Waals surface area contributed by atoms with Crippen LogP contribution in [-0.4, -0.2) is 34.8 Å². The van der Waals surface area contributed by atoms with E-state index in [0.29, 0.717) is 31.1 Å². The van der Waals surface area contributed by atoms with E-state index in [1.54, 1.807) is 27.7 Å². The third-order valence-corrected chi connectivity index (χ3v) is 3.01. The van der Waals surface area contributed by atoms with E-state index in [9.17, 15) is 9.59 Å². The molecule has 0 aromatic heterocycles. The number of nitrogens with zero attached hydrogens (tertiary/aromatic N) is 2. The molecule has 2 aliphatic rings. The lowest BCUT2D eigenvalue weighted by molar-refractivity contribution is -0.138. The third kappa shape index (κ3) is 2.83. The molecule has 0 atom stereocenters. The smallest absolute Gasteiger partial charge is 0.340 e. The van der Waals surface area contributed by atoms with Crippen LogP contribution in [0.3, 0.4) is 0 Å². The minimum atomic E-state index is -0.783. The first kappa shape index (κ1) is 13.7. The first-order chi connectivity index (χ1) is 8.71. The SMILES string of the molecule is CC1(C)N=C(CCCC2=NC(C)(C)C(=O)O2)OC1=O. The van der Waals surface area contributed by atoms with Gasteiger partial charge in [0, 0.05) is 12.8 Å². The highest BCUT2D eigenvalue weighted by molar-refractivity contribution is 6.00. The molecule has 0 radical (unpaired) electrons. The van der Waals surface area contributed by atoms with E-state index in [1.807, 2.05) is 0 Å². The summed E-state index contributed by atoms with van der Waals surface area (Å²) in [5.74, 6) is 0.236. The summed E-state index contributed by atoms with van der Waals surface area (Å²) in [4.78, 5) is 31.3. The van der Waals surface area contributed by atoms with Crippen molar-refractivity contribution in [3.63, 3.8) is 0 Å². The van der Waals surface area contributed by atoms with E-state index >= 15 is 0 Å². The standard InChI is InChI=1S/C13H18N2O4/c1-12(2)10(16)18-8(14-12)6-5-7-9-15-13(3,4)11(17)19-9/h5-7H2,1-4H3. The Morgan fingerprint density at radius 2 is 1.21 bits per heavy atom. The molecule has 2 rings (SSSR count). The maximum atomic E-state index is 11.4. The van der Waals surface area contributed by atoms with Crippen LogP contribution in [0, 0.1) is 0 Å². The maximum absolute atomic E-state index is 11.4. The number of rotatable bonds is 4. The topological polar surface area (TPSA) is 77.3 Å². The minimum Gasteiger partial charge on any atom is -0.410 e. The Bertz CT molecular complexity index is 445. The summed E-state index contributed by atoms with van der Waals surface area (Å²) >= 11 is 0. The van der Waals surface area contributed by atoms with Gasteiger partial charge in [0.25, 0.3) is 0 Å². The number of aliphatic imine (C=N–C) groups is 2. The zero-order valence-corrected chi connectivity index (χ0v) is 11.6. The van der Waals surface area contributed by atoms with E-state index in [-0.39, 0.29) is 11.9 Å². The second-order valence-corrected chi connectivity index (χ2v) is 5.76.